The zero-order valence-electron chi connectivity index (χ0n) is 21.9. The quantitative estimate of drug-likeness (QED) is 0.267. The van der Waals surface area contributed by atoms with Crippen LogP contribution in [0.25, 0.3) is 33.2 Å². The number of nitrogens with zero attached hydrogens (tertiary/aromatic N) is 5. The number of benzene rings is 3. The Bertz CT molecular complexity index is 1580. The van der Waals surface area contributed by atoms with Gasteiger partial charge < -0.3 is 4.57 Å². The predicted octanol–water partition coefficient (Wildman–Crippen LogP) is 6.69. The summed E-state index contributed by atoms with van der Waals surface area (Å²) in [5.41, 5.74) is 8.62. The van der Waals surface area contributed by atoms with Crippen LogP contribution in [0.1, 0.15) is 48.6 Å². The molecule has 0 bridgehead atoms. The lowest BCUT2D eigenvalue weighted by molar-refractivity contribution is 0.200. The Morgan fingerprint density at radius 3 is 2.46 bits per heavy atom. The first-order valence-corrected chi connectivity index (χ1v) is 13.8. The van der Waals surface area contributed by atoms with E-state index in [0.717, 1.165) is 43.3 Å². The Balaban J connectivity index is 1.08. The Morgan fingerprint density at radius 1 is 0.865 bits per heavy atom. The lowest BCUT2D eigenvalue weighted by atomic mass is 9.95. The van der Waals surface area contributed by atoms with Crippen molar-refractivity contribution < 1.29 is 0 Å². The van der Waals surface area contributed by atoms with Gasteiger partial charge in [-0.2, -0.15) is 5.10 Å². The van der Waals surface area contributed by atoms with Crippen LogP contribution < -0.4 is 0 Å². The second-order valence-electron chi connectivity index (χ2n) is 11.2. The van der Waals surface area contributed by atoms with Crippen LogP contribution >= 0.6 is 0 Å². The van der Waals surface area contributed by atoms with Crippen LogP contribution in [0.5, 0.6) is 0 Å². The van der Waals surface area contributed by atoms with Crippen molar-refractivity contribution in [3.8, 4) is 11.3 Å². The van der Waals surface area contributed by atoms with E-state index in [-0.39, 0.29) is 0 Å². The maximum atomic E-state index is 5.14. The normalized spacial score (nSPS) is 17.2. The summed E-state index contributed by atoms with van der Waals surface area (Å²) in [6.07, 6.45) is 5.11. The first-order chi connectivity index (χ1) is 18.1. The number of piperidine rings is 1. The third-order valence-electron chi connectivity index (χ3n) is 8.50. The van der Waals surface area contributed by atoms with E-state index in [9.17, 15) is 0 Å². The molecule has 1 aliphatic heterocycles. The molecular weight excluding hydrogens is 454 g/mol. The molecule has 2 fully saturated rings. The summed E-state index contributed by atoms with van der Waals surface area (Å²) in [6, 6.07) is 24.1. The van der Waals surface area contributed by atoms with Crippen molar-refractivity contribution >= 4 is 21.9 Å². The van der Waals surface area contributed by atoms with Crippen molar-refractivity contribution in [2.24, 2.45) is 13.0 Å². The molecule has 37 heavy (non-hydrogen) atoms. The zero-order chi connectivity index (χ0) is 24.9. The number of para-hydroxylation sites is 2. The first kappa shape index (κ1) is 22.7. The van der Waals surface area contributed by atoms with E-state index in [2.05, 4.69) is 90.2 Å². The van der Waals surface area contributed by atoms with Crippen molar-refractivity contribution in [2.75, 3.05) is 13.1 Å². The zero-order valence-corrected chi connectivity index (χ0v) is 21.9. The summed E-state index contributed by atoms with van der Waals surface area (Å²) in [5, 5.41) is 6.13. The highest BCUT2D eigenvalue weighted by Crippen LogP contribution is 2.36. The molecule has 0 N–H and O–H groups in total. The highest BCUT2D eigenvalue weighted by atomic mass is 15.3. The number of imidazole rings is 1. The van der Waals surface area contributed by atoms with E-state index in [0.29, 0.717) is 5.92 Å². The third-order valence-corrected chi connectivity index (χ3v) is 8.50. The van der Waals surface area contributed by atoms with Crippen LogP contribution in [0.3, 0.4) is 0 Å². The number of fused-ring (bicyclic) bond motifs is 2. The van der Waals surface area contributed by atoms with Crippen LogP contribution in [0.15, 0.2) is 66.7 Å². The van der Waals surface area contributed by atoms with E-state index in [1.54, 1.807) is 0 Å². The van der Waals surface area contributed by atoms with Gasteiger partial charge in [-0.3, -0.25) is 9.58 Å². The van der Waals surface area contributed by atoms with Gasteiger partial charge in [0.2, 0.25) is 0 Å². The van der Waals surface area contributed by atoms with E-state index < -0.39 is 0 Å². The van der Waals surface area contributed by atoms with Gasteiger partial charge in [-0.15, -0.1) is 0 Å². The summed E-state index contributed by atoms with van der Waals surface area (Å²) in [4.78, 5) is 7.75. The molecule has 1 aliphatic carbocycles. The third kappa shape index (κ3) is 4.25. The Kier molecular flexibility index (Phi) is 5.62. The maximum Gasteiger partial charge on any atom is 0.113 e. The fourth-order valence-electron chi connectivity index (χ4n) is 6.20. The van der Waals surface area contributed by atoms with Crippen molar-refractivity contribution in [2.45, 2.75) is 51.6 Å². The lowest BCUT2D eigenvalue weighted by Crippen LogP contribution is -2.33. The molecule has 1 saturated carbocycles. The van der Waals surface area contributed by atoms with Crippen LogP contribution in [0, 0.1) is 12.8 Å². The van der Waals surface area contributed by atoms with Gasteiger partial charge in [0.25, 0.3) is 0 Å². The number of hydrogen-bond acceptors (Lipinski definition) is 3. The molecule has 188 valence electrons. The highest BCUT2D eigenvalue weighted by Gasteiger charge is 2.29. The minimum atomic E-state index is 0.554. The second-order valence-corrected chi connectivity index (χ2v) is 11.2. The fourth-order valence-corrected chi connectivity index (χ4v) is 6.20. The number of rotatable bonds is 6. The summed E-state index contributed by atoms with van der Waals surface area (Å²) in [6.45, 7) is 6.54. The van der Waals surface area contributed by atoms with Crippen LogP contribution in [-0.4, -0.2) is 37.3 Å². The van der Waals surface area contributed by atoms with Crippen LogP contribution in [-0.2, 0) is 20.1 Å². The topological polar surface area (TPSA) is 38.9 Å². The molecule has 0 atom stereocenters. The molecule has 3 aromatic carbocycles. The average Bonchev–Trinajstić information content (AvgIpc) is 3.59. The van der Waals surface area contributed by atoms with Gasteiger partial charge in [0.05, 0.1) is 16.6 Å². The van der Waals surface area contributed by atoms with Crippen molar-refractivity contribution in [1.82, 2.24) is 24.2 Å². The minimum absolute atomic E-state index is 0.554. The first-order valence-electron chi connectivity index (χ1n) is 13.8. The SMILES string of the molecule is Cc1ccccc1-c1nn(C)c2cc(CN3CCC(c4nc5ccccc5n4CC4CC4)CC3)ccc12. The number of likely N-dealkylation sites (tertiary alicyclic amines) is 1. The number of aromatic nitrogens is 4. The van der Waals surface area contributed by atoms with Gasteiger partial charge in [-0.05, 0) is 80.9 Å². The molecule has 0 unspecified atom stereocenters. The van der Waals surface area contributed by atoms with Gasteiger partial charge in [0.15, 0.2) is 0 Å². The van der Waals surface area contributed by atoms with Gasteiger partial charge in [0, 0.05) is 37.0 Å². The lowest BCUT2D eigenvalue weighted by Gasteiger charge is -2.32. The average molecular weight is 490 g/mol. The summed E-state index contributed by atoms with van der Waals surface area (Å²) in [5.74, 6) is 2.73. The second kappa shape index (κ2) is 9.14. The molecule has 7 rings (SSSR count). The van der Waals surface area contributed by atoms with Crippen LogP contribution in [0.2, 0.25) is 0 Å². The molecule has 5 heteroatoms. The van der Waals surface area contributed by atoms with E-state index in [4.69, 9.17) is 10.1 Å². The predicted molar refractivity (Wildman–Crippen MR) is 151 cm³/mol. The molecule has 1 saturated heterocycles. The standard InChI is InChI=1S/C32H35N5/c1-22-7-3-4-8-26(22)31-27-14-13-24(19-30(27)35(2)34-31)20-36-17-15-25(16-18-36)32-33-28-9-5-6-10-29(28)37(32)21-23-11-12-23/h3-10,13-14,19,23,25H,11-12,15-18,20-21H2,1-2H3. The molecule has 2 aromatic heterocycles. The molecule has 2 aliphatic rings. The highest BCUT2D eigenvalue weighted by molar-refractivity contribution is 5.94. The van der Waals surface area contributed by atoms with Crippen molar-refractivity contribution in [3.05, 3.63) is 83.7 Å². The number of aryl methyl sites for hydroxylation is 2. The molecule has 5 aromatic rings. The summed E-state index contributed by atoms with van der Waals surface area (Å²) < 4.78 is 4.59. The number of hydrogen-bond donors (Lipinski definition) is 0. The fraction of sp³-hybridized carbons (Fsp3) is 0.375. The Morgan fingerprint density at radius 2 is 1.65 bits per heavy atom. The van der Waals surface area contributed by atoms with Gasteiger partial charge >= 0.3 is 0 Å². The molecule has 5 nitrogen and oxygen atoms in total. The monoisotopic (exact) mass is 489 g/mol. The largest absolute Gasteiger partial charge is 0.327 e. The van der Waals surface area contributed by atoms with E-state index in [1.807, 2.05) is 4.68 Å². The molecular formula is C32H35N5. The van der Waals surface area contributed by atoms with Crippen molar-refractivity contribution in [1.29, 1.82) is 0 Å². The van der Waals surface area contributed by atoms with E-state index >= 15 is 0 Å². The van der Waals surface area contributed by atoms with Crippen LogP contribution in [0.4, 0.5) is 0 Å². The smallest absolute Gasteiger partial charge is 0.113 e. The Hall–Kier alpha value is -3.44. The summed E-state index contributed by atoms with van der Waals surface area (Å²) in [7, 11) is 2.06. The molecule has 0 radical (unpaired) electrons. The molecule has 0 spiro atoms. The summed E-state index contributed by atoms with van der Waals surface area (Å²) >= 11 is 0. The molecule has 3 heterocycles. The molecule has 0 amide bonds. The van der Waals surface area contributed by atoms with Crippen molar-refractivity contribution in [3.63, 3.8) is 0 Å². The Labute approximate surface area is 218 Å². The van der Waals surface area contributed by atoms with E-state index in [1.165, 1.54) is 64.6 Å². The van der Waals surface area contributed by atoms with Gasteiger partial charge in [0.1, 0.15) is 11.5 Å². The minimum Gasteiger partial charge on any atom is -0.327 e. The van der Waals surface area contributed by atoms with Gasteiger partial charge in [-0.25, -0.2) is 4.98 Å². The van der Waals surface area contributed by atoms with Gasteiger partial charge in [-0.1, -0.05) is 48.5 Å². The maximum absolute atomic E-state index is 5.14.